The highest BCUT2D eigenvalue weighted by molar-refractivity contribution is 9.10. The minimum atomic E-state index is 0.155. The van der Waals surface area contributed by atoms with E-state index in [-0.39, 0.29) is 5.60 Å². The molecule has 1 aromatic carbocycles. The second kappa shape index (κ2) is 4.03. The Kier molecular flexibility index (Phi) is 2.93. The van der Waals surface area contributed by atoms with Crippen LogP contribution in [-0.2, 0) is 11.2 Å². The predicted molar refractivity (Wildman–Crippen MR) is 61.4 cm³/mol. The van der Waals surface area contributed by atoms with Crippen LogP contribution >= 0.6 is 15.9 Å². The van der Waals surface area contributed by atoms with Crippen LogP contribution in [0.15, 0.2) is 28.7 Å². The molecule has 0 saturated carbocycles. The summed E-state index contributed by atoms with van der Waals surface area (Å²) in [7, 11) is 0. The molecule has 1 atom stereocenters. The third-order valence-electron chi connectivity index (χ3n) is 2.91. The van der Waals surface area contributed by atoms with Crippen LogP contribution in [-0.4, -0.2) is 12.2 Å². The Morgan fingerprint density at radius 1 is 1.50 bits per heavy atom. The van der Waals surface area contributed by atoms with Gasteiger partial charge in [0.1, 0.15) is 0 Å². The van der Waals surface area contributed by atoms with E-state index in [1.54, 1.807) is 0 Å². The van der Waals surface area contributed by atoms with Crippen molar-refractivity contribution in [1.29, 1.82) is 0 Å². The molecule has 1 nitrogen and oxygen atoms in total. The quantitative estimate of drug-likeness (QED) is 0.802. The third kappa shape index (κ3) is 2.37. The van der Waals surface area contributed by atoms with Gasteiger partial charge in [-0.1, -0.05) is 28.1 Å². The molecule has 76 valence electrons. The Hall–Kier alpha value is -0.340. The van der Waals surface area contributed by atoms with Crippen LogP contribution in [0, 0.1) is 0 Å². The van der Waals surface area contributed by atoms with Gasteiger partial charge < -0.3 is 4.74 Å². The van der Waals surface area contributed by atoms with Gasteiger partial charge in [-0.05, 0) is 43.9 Å². The lowest BCUT2D eigenvalue weighted by Gasteiger charge is -2.38. The lowest BCUT2D eigenvalue weighted by Crippen LogP contribution is -2.40. The van der Waals surface area contributed by atoms with Crippen molar-refractivity contribution in [3.8, 4) is 0 Å². The van der Waals surface area contributed by atoms with Crippen LogP contribution in [0.3, 0.4) is 0 Å². The van der Waals surface area contributed by atoms with Crippen molar-refractivity contribution < 1.29 is 4.74 Å². The van der Waals surface area contributed by atoms with Crippen LogP contribution in [0.25, 0.3) is 0 Å². The zero-order chi connectivity index (χ0) is 10.0. The molecule has 0 aliphatic carbocycles. The summed E-state index contributed by atoms with van der Waals surface area (Å²) >= 11 is 3.48. The Morgan fingerprint density at radius 2 is 2.29 bits per heavy atom. The van der Waals surface area contributed by atoms with Crippen LogP contribution in [0.4, 0.5) is 0 Å². The molecule has 1 unspecified atom stereocenters. The van der Waals surface area contributed by atoms with Crippen molar-refractivity contribution in [3.05, 3.63) is 34.3 Å². The first-order valence-electron chi connectivity index (χ1n) is 5.06. The molecule has 1 aliphatic rings. The summed E-state index contributed by atoms with van der Waals surface area (Å²) in [5, 5.41) is 0. The van der Waals surface area contributed by atoms with E-state index in [9.17, 15) is 0 Å². The second-order valence-corrected chi connectivity index (χ2v) is 5.09. The zero-order valence-electron chi connectivity index (χ0n) is 8.42. The van der Waals surface area contributed by atoms with E-state index in [0.717, 1.165) is 23.9 Å². The maximum Gasteiger partial charge on any atom is 0.0679 e. The largest absolute Gasteiger partial charge is 0.375 e. The molecule has 1 aliphatic heterocycles. The van der Waals surface area contributed by atoms with E-state index >= 15 is 0 Å². The molecule has 0 amide bonds. The third-order valence-corrected chi connectivity index (χ3v) is 3.41. The second-order valence-electron chi connectivity index (χ2n) is 4.18. The van der Waals surface area contributed by atoms with Crippen LogP contribution in [0.5, 0.6) is 0 Å². The molecule has 1 saturated heterocycles. The Balaban J connectivity index is 1.91. The molecule has 1 heterocycles. The van der Waals surface area contributed by atoms with Gasteiger partial charge in [-0.2, -0.15) is 0 Å². The summed E-state index contributed by atoms with van der Waals surface area (Å²) < 4.78 is 6.72. The number of aryl methyl sites for hydroxylation is 1. The van der Waals surface area contributed by atoms with E-state index in [2.05, 4.69) is 47.1 Å². The highest BCUT2D eigenvalue weighted by Gasteiger charge is 2.32. The molecule has 1 aromatic rings. The fourth-order valence-electron chi connectivity index (χ4n) is 1.75. The van der Waals surface area contributed by atoms with Gasteiger partial charge in [0.2, 0.25) is 0 Å². The van der Waals surface area contributed by atoms with Gasteiger partial charge in [0.05, 0.1) is 12.2 Å². The maximum absolute atomic E-state index is 5.56. The fraction of sp³-hybridized carbons (Fsp3) is 0.500. The van der Waals surface area contributed by atoms with Crippen molar-refractivity contribution in [2.24, 2.45) is 0 Å². The highest BCUT2D eigenvalue weighted by atomic mass is 79.9. The first-order valence-corrected chi connectivity index (χ1v) is 5.86. The van der Waals surface area contributed by atoms with Crippen molar-refractivity contribution in [2.45, 2.75) is 31.8 Å². The monoisotopic (exact) mass is 254 g/mol. The molecule has 1 fully saturated rings. The van der Waals surface area contributed by atoms with Gasteiger partial charge in [0.15, 0.2) is 0 Å². The van der Waals surface area contributed by atoms with E-state index in [1.807, 2.05) is 0 Å². The van der Waals surface area contributed by atoms with E-state index in [1.165, 1.54) is 12.0 Å². The molecule has 14 heavy (non-hydrogen) atoms. The first-order chi connectivity index (χ1) is 6.68. The number of benzene rings is 1. The van der Waals surface area contributed by atoms with Crippen molar-refractivity contribution >= 4 is 15.9 Å². The van der Waals surface area contributed by atoms with Gasteiger partial charge >= 0.3 is 0 Å². The number of ether oxygens (including phenoxy) is 1. The minimum absolute atomic E-state index is 0.155. The normalized spacial score (nSPS) is 25.9. The van der Waals surface area contributed by atoms with E-state index < -0.39 is 0 Å². The van der Waals surface area contributed by atoms with Gasteiger partial charge in [0, 0.05) is 4.47 Å². The summed E-state index contributed by atoms with van der Waals surface area (Å²) in [6.07, 6.45) is 3.44. The van der Waals surface area contributed by atoms with Gasteiger partial charge in [-0.25, -0.2) is 0 Å². The van der Waals surface area contributed by atoms with Gasteiger partial charge in [-0.3, -0.25) is 0 Å². The van der Waals surface area contributed by atoms with Crippen molar-refractivity contribution in [1.82, 2.24) is 0 Å². The molecular weight excluding hydrogens is 240 g/mol. The molecule has 0 radical (unpaired) electrons. The van der Waals surface area contributed by atoms with Crippen molar-refractivity contribution in [3.63, 3.8) is 0 Å². The van der Waals surface area contributed by atoms with Gasteiger partial charge in [-0.15, -0.1) is 0 Å². The average molecular weight is 255 g/mol. The highest BCUT2D eigenvalue weighted by Crippen LogP contribution is 2.30. The summed E-state index contributed by atoms with van der Waals surface area (Å²) in [6, 6.07) is 8.50. The summed E-state index contributed by atoms with van der Waals surface area (Å²) in [5.74, 6) is 0. The maximum atomic E-state index is 5.56. The van der Waals surface area contributed by atoms with E-state index in [0.29, 0.717) is 0 Å². The average Bonchev–Trinajstić information content (AvgIpc) is 2.12. The lowest BCUT2D eigenvalue weighted by atomic mass is 9.90. The number of hydrogen-bond acceptors (Lipinski definition) is 1. The smallest absolute Gasteiger partial charge is 0.0679 e. The standard InChI is InChI=1S/C12H15BrO/c1-12(7-8-14-12)6-5-10-3-2-4-11(13)9-10/h2-4,9H,5-8H2,1H3. The topological polar surface area (TPSA) is 9.23 Å². The molecule has 0 spiro atoms. The minimum Gasteiger partial charge on any atom is -0.375 e. The molecule has 0 N–H and O–H groups in total. The number of hydrogen-bond donors (Lipinski definition) is 0. The number of rotatable bonds is 3. The Labute approximate surface area is 93.6 Å². The molecular formula is C12H15BrO. The SMILES string of the molecule is CC1(CCc2cccc(Br)c2)CCO1. The Morgan fingerprint density at radius 3 is 2.86 bits per heavy atom. The fourth-order valence-corrected chi connectivity index (χ4v) is 2.20. The van der Waals surface area contributed by atoms with Crippen LogP contribution < -0.4 is 0 Å². The van der Waals surface area contributed by atoms with Gasteiger partial charge in [0.25, 0.3) is 0 Å². The molecule has 2 heteroatoms. The van der Waals surface area contributed by atoms with Crippen LogP contribution in [0.1, 0.15) is 25.3 Å². The predicted octanol–water partition coefficient (Wildman–Crippen LogP) is 3.56. The number of halogens is 1. The molecule has 2 rings (SSSR count). The first kappa shape index (κ1) is 10.2. The molecule has 0 bridgehead atoms. The molecule has 0 aromatic heterocycles. The lowest BCUT2D eigenvalue weighted by molar-refractivity contribution is -0.137. The summed E-state index contributed by atoms with van der Waals surface area (Å²) in [6.45, 7) is 3.14. The summed E-state index contributed by atoms with van der Waals surface area (Å²) in [4.78, 5) is 0. The van der Waals surface area contributed by atoms with E-state index in [4.69, 9.17) is 4.74 Å². The Bertz CT molecular complexity index is 318. The van der Waals surface area contributed by atoms with Crippen LogP contribution in [0.2, 0.25) is 0 Å². The summed E-state index contributed by atoms with van der Waals surface area (Å²) in [5.41, 5.74) is 1.54. The van der Waals surface area contributed by atoms with Crippen molar-refractivity contribution in [2.75, 3.05) is 6.61 Å². The zero-order valence-corrected chi connectivity index (χ0v) is 10.0.